The molecule has 0 amide bonds. The third kappa shape index (κ3) is 14.5. The van der Waals surface area contributed by atoms with Gasteiger partial charge in [-0.1, -0.05) is 101 Å². The first-order valence-electron chi connectivity index (χ1n) is 12.8. The summed E-state index contributed by atoms with van der Waals surface area (Å²) in [6, 6.07) is 0. The fourth-order valence-electron chi connectivity index (χ4n) is 3.82. The summed E-state index contributed by atoms with van der Waals surface area (Å²) in [5.41, 5.74) is 5.20. The van der Waals surface area contributed by atoms with Gasteiger partial charge in [0.1, 0.15) is 6.10 Å². The molecule has 0 spiro atoms. The highest BCUT2D eigenvalue weighted by molar-refractivity contribution is 7.39. The third-order valence-corrected chi connectivity index (χ3v) is 7.15. The van der Waals surface area contributed by atoms with Crippen LogP contribution in [0.1, 0.15) is 122 Å². The van der Waals surface area contributed by atoms with Crippen LogP contribution in [0, 0.1) is 0 Å². The predicted octanol–water partition coefficient (Wildman–Crippen LogP) is 5.26. The molecule has 0 bridgehead atoms. The Morgan fingerprint density at radius 1 is 0.875 bits per heavy atom. The van der Waals surface area contributed by atoms with Crippen molar-refractivity contribution in [3.63, 3.8) is 0 Å². The second kappa shape index (κ2) is 20.9. The van der Waals surface area contributed by atoms with Crippen molar-refractivity contribution in [1.29, 1.82) is 0 Å². The molecule has 6 nitrogen and oxygen atoms in total. The number of nitrogens with two attached hydrogens (primary N) is 1. The molecule has 0 heterocycles. The normalized spacial score (nSPS) is 15.1. The summed E-state index contributed by atoms with van der Waals surface area (Å²) in [4.78, 5) is 23.2. The first-order chi connectivity index (χ1) is 15.4. The highest BCUT2D eigenvalue weighted by Gasteiger charge is 2.54. The molecule has 0 radical (unpaired) electrons. The van der Waals surface area contributed by atoms with Crippen molar-refractivity contribution in [1.82, 2.24) is 0 Å². The number of aliphatic hydroxyl groups is 2. The molecule has 188 valence electrons. The lowest BCUT2D eigenvalue weighted by atomic mass is 10.0. The van der Waals surface area contributed by atoms with Crippen LogP contribution in [-0.2, 0) is 9.36 Å². The van der Waals surface area contributed by atoms with E-state index >= 15 is 0 Å². The van der Waals surface area contributed by atoms with Gasteiger partial charge in [0.05, 0.1) is 0 Å². The minimum absolute atomic E-state index is 0.0662. The van der Waals surface area contributed by atoms with E-state index in [9.17, 15) is 24.5 Å². The van der Waals surface area contributed by atoms with Gasteiger partial charge in [-0.2, -0.15) is 0 Å². The van der Waals surface area contributed by atoms with Crippen LogP contribution in [0.4, 0.5) is 0 Å². The molecule has 0 fully saturated rings. The molecule has 0 rings (SSSR count). The fourth-order valence-corrected chi connectivity index (χ4v) is 4.49. The van der Waals surface area contributed by atoms with E-state index in [0.717, 1.165) is 19.3 Å². The van der Waals surface area contributed by atoms with E-state index in [4.69, 9.17) is 5.73 Å². The van der Waals surface area contributed by atoms with E-state index in [-0.39, 0.29) is 6.42 Å². The molecule has 0 aliphatic rings. The Morgan fingerprint density at radius 3 is 1.69 bits per heavy atom. The van der Waals surface area contributed by atoms with Gasteiger partial charge in [0.2, 0.25) is 5.78 Å². The maximum absolute atomic E-state index is 12.0. The van der Waals surface area contributed by atoms with E-state index in [1.54, 1.807) is 0 Å². The molecule has 3 unspecified atom stereocenters. The summed E-state index contributed by atoms with van der Waals surface area (Å²) < 4.78 is 11.2. The summed E-state index contributed by atoms with van der Waals surface area (Å²) in [6.45, 7) is 1.77. The van der Waals surface area contributed by atoms with Gasteiger partial charge in [0.15, 0.2) is 0 Å². The molecule has 0 saturated heterocycles. The van der Waals surface area contributed by atoms with Crippen molar-refractivity contribution >= 4 is 13.8 Å². The van der Waals surface area contributed by atoms with Crippen LogP contribution in [0.15, 0.2) is 12.2 Å². The molecular formula is C25H48NO5P. The third-order valence-electron chi connectivity index (χ3n) is 6.04. The number of aliphatic hydroxyl groups excluding tert-OH is 1. The zero-order valence-electron chi connectivity index (χ0n) is 20.3. The Kier molecular flexibility index (Phi) is 20.5. The lowest BCUT2D eigenvalue weighted by Gasteiger charge is -2.22. The van der Waals surface area contributed by atoms with E-state index in [2.05, 4.69) is 19.1 Å². The number of rotatable bonds is 23. The number of ketones is 1. The van der Waals surface area contributed by atoms with E-state index < -0.39 is 31.8 Å². The quantitative estimate of drug-likeness (QED) is 0.106. The van der Waals surface area contributed by atoms with Gasteiger partial charge in [-0.3, -0.25) is 4.79 Å². The largest absolute Gasteiger partial charge is 0.593 e. The highest BCUT2D eigenvalue weighted by atomic mass is 31.1. The van der Waals surface area contributed by atoms with Crippen LogP contribution < -0.4 is 10.6 Å². The standard InChI is InChI=1S/C25H48NO5P/c1-2-3-4-5-6-7-8-9-10-11-12-13-14-15-16-17-18-19-20-21-23(27)25(29,32(30)31)24(28)22-26/h9-10,24,28-29H,2-8,11-22,26H2,1H3. The second-order valence-electron chi connectivity index (χ2n) is 8.91. The Hall–Kier alpha value is -0.650. The molecule has 7 heteroatoms. The van der Waals surface area contributed by atoms with Crippen molar-refractivity contribution < 1.29 is 24.5 Å². The van der Waals surface area contributed by atoms with Crippen LogP contribution in [0.25, 0.3) is 0 Å². The molecular weight excluding hydrogens is 425 g/mol. The number of hydrogen-bond donors (Lipinski definition) is 3. The number of Topliss-reactive ketones (excluding diaryl/α,β-unsaturated/α-hetero) is 1. The predicted molar refractivity (Wildman–Crippen MR) is 131 cm³/mol. The molecule has 0 saturated carbocycles. The maximum Gasteiger partial charge on any atom is 0.355 e. The van der Waals surface area contributed by atoms with Crippen LogP contribution in [0.2, 0.25) is 0 Å². The Morgan fingerprint density at radius 2 is 1.28 bits per heavy atom. The minimum atomic E-state index is -3.51. The van der Waals surface area contributed by atoms with Crippen molar-refractivity contribution in [2.45, 2.75) is 134 Å². The highest BCUT2D eigenvalue weighted by Crippen LogP contribution is 2.34. The van der Waals surface area contributed by atoms with E-state index in [1.165, 1.54) is 83.5 Å². The summed E-state index contributed by atoms with van der Waals surface area (Å²) in [5.74, 6) is -0.868. The molecule has 0 aliphatic carbocycles. The number of unbranched alkanes of at least 4 members (excludes halogenated alkanes) is 15. The fraction of sp³-hybridized carbons (Fsp3) is 0.880. The summed E-state index contributed by atoms with van der Waals surface area (Å²) in [5, 5.41) is 16.8. The van der Waals surface area contributed by atoms with Crippen molar-refractivity contribution in [2.24, 2.45) is 5.73 Å². The molecule has 32 heavy (non-hydrogen) atoms. The Labute approximate surface area is 196 Å². The van der Waals surface area contributed by atoms with Gasteiger partial charge in [-0.05, 0) is 32.1 Å². The van der Waals surface area contributed by atoms with Gasteiger partial charge in [0, 0.05) is 13.0 Å². The Balaban J connectivity index is 3.54. The van der Waals surface area contributed by atoms with Gasteiger partial charge in [-0.25, -0.2) is 0 Å². The van der Waals surface area contributed by atoms with Crippen LogP contribution in [0.5, 0.6) is 0 Å². The number of carbonyl (C=O) groups is 1. The summed E-state index contributed by atoms with van der Waals surface area (Å²) >= 11 is 0. The minimum Gasteiger partial charge on any atom is -0.593 e. The molecule has 3 atom stereocenters. The Bertz CT molecular complexity index is 515. The lowest BCUT2D eigenvalue weighted by Crippen LogP contribution is -2.51. The van der Waals surface area contributed by atoms with Crippen molar-refractivity contribution in [2.75, 3.05) is 6.54 Å². The van der Waals surface area contributed by atoms with Crippen molar-refractivity contribution in [3.8, 4) is 0 Å². The molecule has 0 aromatic heterocycles. The van der Waals surface area contributed by atoms with Crippen LogP contribution >= 0.6 is 8.03 Å². The number of hydrogen-bond acceptors (Lipinski definition) is 6. The van der Waals surface area contributed by atoms with Gasteiger partial charge < -0.3 is 20.8 Å². The monoisotopic (exact) mass is 473 g/mol. The number of allylic oxidation sites excluding steroid dienone is 2. The first kappa shape index (κ1) is 31.4. The van der Waals surface area contributed by atoms with E-state index in [0.29, 0.717) is 6.42 Å². The van der Waals surface area contributed by atoms with Crippen LogP contribution in [0.3, 0.4) is 0 Å². The maximum atomic E-state index is 12.0. The van der Waals surface area contributed by atoms with Crippen LogP contribution in [-0.4, -0.2) is 34.0 Å². The number of carbonyl (C=O) groups excluding carboxylic acids is 1. The smallest absolute Gasteiger partial charge is 0.355 e. The lowest BCUT2D eigenvalue weighted by molar-refractivity contribution is -0.188. The van der Waals surface area contributed by atoms with E-state index in [1.807, 2.05) is 0 Å². The SMILES string of the molecule is CCCCCCCCC=CCCCCCCCCCCCC(=O)C(O)(C(O)CN)[P+](=O)[O-]. The zero-order chi connectivity index (χ0) is 24.1. The molecule has 0 aromatic carbocycles. The summed E-state index contributed by atoms with van der Waals surface area (Å²) in [6.07, 6.45) is 22.9. The average molecular weight is 474 g/mol. The first-order valence-corrected chi connectivity index (χ1v) is 14.0. The molecule has 4 N–H and O–H groups in total. The average Bonchev–Trinajstić information content (AvgIpc) is 2.79. The van der Waals surface area contributed by atoms with Gasteiger partial charge in [-0.15, -0.1) is 0 Å². The molecule has 0 aliphatic heterocycles. The second-order valence-corrected chi connectivity index (χ2v) is 10.1. The summed E-state index contributed by atoms with van der Waals surface area (Å²) in [7, 11) is -3.51. The topological polar surface area (TPSA) is 124 Å². The zero-order valence-corrected chi connectivity index (χ0v) is 21.2. The van der Waals surface area contributed by atoms with Gasteiger partial charge in [0.25, 0.3) is 0 Å². The molecule has 0 aromatic rings. The van der Waals surface area contributed by atoms with Crippen molar-refractivity contribution in [3.05, 3.63) is 12.2 Å². The van der Waals surface area contributed by atoms with Gasteiger partial charge >= 0.3 is 13.4 Å².